The smallest absolute Gasteiger partial charge is 0.216 e. The van der Waals surface area contributed by atoms with Crippen LogP contribution in [0.25, 0.3) is 44.3 Å². The Morgan fingerprint density at radius 2 is 1.64 bits per heavy atom. The van der Waals surface area contributed by atoms with Crippen molar-refractivity contribution < 1.29 is 13.4 Å². The van der Waals surface area contributed by atoms with E-state index in [2.05, 4.69) is 61.7 Å². The zero-order chi connectivity index (χ0) is 25.0. The third kappa shape index (κ3) is 3.82. The van der Waals surface area contributed by atoms with Crippen molar-refractivity contribution in [3.63, 3.8) is 0 Å². The Balaban J connectivity index is 1.47. The van der Waals surface area contributed by atoms with Gasteiger partial charge in [-0.1, -0.05) is 50.2 Å². The van der Waals surface area contributed by atoms with Gasteiger partial charge in [-0.2, -0.15) is 0 Å². The first kappa shape index (κ1) is 23.0. The number of aromatic nitrogens is 1. The fourth-order valence-corrected chi connectivity index (χ4v) is 6.00. The summed E-state index contributed by atoms with van der Waals surface area (Å²) in [5.74, 6) is 0.379. The number of fused-ring (bicyclic) bond motifs is 3. The second-order valence-electron chi connectivity index (χ2n) is 11.3. The maximum atomic E-state index is 15.3. The van der Waals surface area contributed by atoms with E-state index in [1.165, 1.54) is 31.2 Å². The van der Waals surface area contributed by atoms with Crippen molar-refractivity contribution in [2.24, 2.45) is 12.5 Å². The molecule has 0 amide bonds. The van der Waals surface area contributed by atoms with Crippen molar-refractivity contribution in [1.29, 1.82) is 0 Å². The van der Waals surface area contributed by atoms with Crippen LogP contribution in [0.2, 0.25) is 0 Å². The van der Waals surface area contributed by atoms with E-state index >= 15 is 4.39 Å². The first-order valence-corrected chi connectivity index (χ1v) is 13.0. The molecule has 3 aromatic carbocycles. The van der Waals surface area contributed by atoms with E-state index < -0.39 is 0 Å². The van der Waals surface area contributed by atoms with Crippen molar-refractivity contribution in [1.82, 2.24) is 0 Å². The topological polar surface area (TPSA) is 17.0 Å². The largest absolute Gasteiger partial charge is 0.454 e. The number of halogens is 1. The summed E-state index contributed by atoms with van der Waals surface area (Å²) in [4.78, 5) is 0. The molecular formula is C33H33FNO+. The monoisotopic (exact) mass is 478 g/mol. The predicted octanol–water partition coefficient (Wildman–Crippen LogP) is 8.88. The van der Waals surface area contributed by atoms with E-state index in [1.54, 1.807) is 6.07 Å². The van der Waals surface area contributed by atoms with Crippen molar-refractivity contribution in [2.75, 3.05) is 0 Å². The van der Waals surface area contributed by atoms with Gasteiger partial charge in [0.05, 0.1) is 10.9 Å². The second kappa shape index (κ2) is 8.58. The minimum atomic E-state index is -0.249. The average Bonchev–Trinajstić information content (AvgIpc) is 3.26. The lowest BCUT2D eigenvalue weighted by atomic mass is 9.71. The number of rotatable bonds is 3. The molecule has 1 aliphatic rings. The first-order valence-electron chi connectivity index (χ1n) is 13.0. The highest BCUT2D eigenvalue weighted by Crippen LogP contribution is 2.44. The van der Waals surface area contributed by atoms with E-state index in [4.69, 9.17) is 4.42 Å². The van der Waals surface area contributed by atoms with Gasteiger partial charge in [-0.15, -0.1) is 0 Å². The molecule has 3 heteroatoms. The molecule has 1 saturated carbocycles. The Morgan fingerprint density at radius 3 is 2.36 bits per heavy atom. The molecule has 36 heavy (non-hydrogen) atoms. The summed E-state index contributed by atoms with van der Waals surface area (Å²) in [7, 11) is 2.02. The molecule has 0 spiro atoms. The fourth-order valence-electron chi connectivity index (χ4n) is 6.00. The molecule has 0 bridgehead atoms. The van der Waals surface area contributed by atoms with Crippen LogP contribution in [-0.2, 0) is 7.05 Å². The summed E-state index contributed by atoms with van der Waals surface area (Å²) < 4.78 is 23.9. The lowest BCUT2D eigenvalue weighted by Crippen LogP contribution is -2.30. The molecule has 0 unspecified atom stereocenters. The molecule has 2 aromatic heterocycles. The number of furan rings is 1. The maximum absolute atomic E-state index is 15.3. The van der Waals surface area contributed by atoms with E-state index in [0.717, 1.165) is 38.9 Å². The molecule has 1 aliphatic carbocycles. The summed E-state index contributed by atoms with van der Waals surface area (Å²) in [5, 5.41) is 1.37. The SMILES string of the molecule is Cc1ccc2c(oc3c(-c4ccc(C5CCC(C)(C)CC5)cc4)ccc(F)c32)c1-c1cccc[n+]1C. The zero-order valence-corrected chi connectivity index (χ0v) is 21.6. The van der Waals surface area contributed by atoms with Gasteiger partial charge in [-0.3, -0.25) is 0 Å². The molecular weight excluding hydrogens is 445 g/mol. The van der Waals surface area contributed by atoms with Crippen molar-refractivity contribution in [3.8, 4) is 22.4 Å². The minimum absolute atomic E-state index is 0.249. The summed E-state index contributed by atoms with van der Waals surface area (Å²) >= 11 is 0. The van der Waals surface area contributed by atoms with Crippen LogP contribution < -0.4 is 4.57 Å². The van der Waals surface area contributed by atoms with E-state index in [-0.39, 0.29) is 5.82 Å². The molecule has 0 radical (unpaired) electrons. The third-order valence-electron chi connectivity index (χ3n) is 8.29. The predicted molar refractivity (Wildman–Crippen MR) is 145 cm³/mol. The zero-order valence-electron chi connectivity index (χ0n) is 21.6. The first-order chi connectivity index (χ1) is 17.3. The van der Waals surface area contributed by atoms with Crippen LogP contribution in [0.3, 0.4) is 0 Å². The minimum Gasteiger partial charge on any atom is -0.454 e. The van der Waals surface area contributed by atoms with Gasteiger partial charge in [-0.05, 0) is 78.8 Å². The van der Waals surface area contributed by atoms with Gasteiger partial charge in [0.15, 0.2) is 6.20 Å². The molecule has 6 rings (SSSR count). The molecule has 0 saturated heterocycles. The van der Waals surface area contributed by atoms with Crippen LogP contribution >= 0.6 is 0 Å². The van der Waals surface area contributed by atoms with Gasteiger partial charge in [0.25, 0.3) is 0 Å². The number of hydrogen-bond acceptors (Lipinski definition) is 1. The molecule has 1 fully saturated rings. The van der Waals surface area contributed by atoms with Gasteiger partial charge >= 0.3 is 0 Å². The number of hydrogen-bond donors (Lipinski definition) is 0. The Morgan fingerprint density at radius 1 is 0.889 bits per heavy atom. The molecule has 0 N–H and O–H groups in total. The van der Waals surface area contributed by atoms with E-state index in [0.29, 0.717) is 22.3 Å². The van der Waals surface area contributed by atoms with Gasteiger partial charge in [-0.25, -0.2) is 8.96 Å². The summed E-state index contributed by atoms with van der Waals surface area (Å²) in [6.45, 7) is 6.84. The normalized spacial score (nSPS) is 16.1. The standard InChI is InChI=1S/C33H33FNO/c1-21-8-13-26-30-27(34)15-14-25(31(30)36-32(26)29(21)28-7-5-6-20-35(28)4)24-11-9-22(10-12-24)23-16-18-33(2,3)19-17-23/h5-15,20,23H,16-19H2,1-4H3/q+1. The molecule has 0 aliphatic heterocycles. The van der Waals surface area contributed by atoms with Gasteiger partial charge < -0.3 is 4.42 Å². The summed E-state index contributed by atoms with van der Waals surface area (Å²) in [6.07, 6.45) is 7.07. The molecule has 182 valence electrons. The lowest BCUT2D eigenvalue weighted by molar-refractivity contribution is -0.660. The Bertz CT molecular complexity index is 1580. The molecule has 0 atom stereocenters. The van der Waals surface area contributed by atoms with Crippen LogP contribution in [0.5, 0.6) is 0 Å². The Hall–Kier alpha value is -3.46. The van der Waals surface area contributed by atoms with E-state index in [1.807, 2.05) is 37.5 Å². The Labute approximate surface area is 212 Å². The molecule has 2 heterocycles. The van der Waals surface area contributed by atoms with Crippen LogP contribution in [0, 0.1) is 18.2 Å². The van der Waals surface area contributed by atoms with Crippen LogP contribution in [-0.4, -0.2) is 0 Å². The highest BCUT2D eigenvalue weighted by molar-refractivity contribution is 6.13. The average molecular weight is 479 g/mol. The third-order valence-corrected chi connectivity index (χ3v) is 8.29. The van der Waals surface area contributed by atoms with Crippen molar-refractivity contribution in [3.05, 3.63) is 89.9 Å². The number of aryl methyl sites for hydroxylation is 2. The Kier molecular flexibility index (Phi) is 5.48. The van der Waals surface area contributed by atoms with Gasteiger partial charge in [0, 0.05) is 23.1 Å². The van der Waals surface area contributed by atoms with Crippen molar-refractivity contribution >= 4 is 21.9 Å². The van der Waals surface area contributed by atoms with Gasteiger partial charge in [0.2, 0.25) is 5.69 Å². The van der Waals surface area contributed by atoms with Crippen LogP contribution in [0.4, 0.5) is 4.39 Å². The maximum Gasteiger partial charge on any atom is 0.216 e. The van der Waals surface area contributed by atoms with Gasteiger partial charge in [0.1, 0.15) is 24.0 Å². The highest BCUT2D eigenvalue weighted by Gasteiger charge is 2.28. The highest BCUT2D eigenvalue weighted by atomic mass is 19.1. The number of pyridine rings is 1. The quantitative estimate of drug-likeness (QED) is 0.237. The molecule has 2 nitrogen and oxygen atoms in total. The van der Waals surface area contributed by atoms with Crippen molar-refractivity contribution in [2.45, 2.75) is 52.4 Å². The van der Waals surface area contributed by atoms with Crippen LogP contribution in [0.1, 0.15) is 56.6 Å². The second-order valence-corrected chi connectivity index (χ2v) is 11.3. The fraction of sp³-hybridized carbons (Fsp3) is 0.303. The number of benzene rings is 3. The van der Waals surface area contributed by atoms with Crippen LogP contribution in [0.15, 0.2) is 77.3 Å². The molecule has 5 aromatic rings. The number of nitrogens with zero attached hydrogens (tertiary/aromatic N) is 1. The summed E-state index contributed by atoms with van der Waals surface area (Å²) in [6, 6.07) is 22.5. The van der Waals surface area contributed by atoms with E-state index in [9.17, 15) is 0 Å². The lowest BCUT2D eigenvalue weighted by Gasteiger charge is -2.34. The summed E-state index contributed by atoms with van der Waals surface area (Å²) in [5.41, 5.74) is 8.36.